The Balaban J connectivity index is 0.00000182. The molecule has 0 aliphatic heterocycles. The number of hydrogen-bond acceptors (Lipinski definition) is 4. The number of fused-ring (bicyclic) bond motifs is 1. The molecule has 0 unspecified atom stereocenters. The van der Waals surface area contributed by atoms with E-state index in [0.29, 0.717) is 5.82 Å². The normalized spacial score (nSPS) is 10.2. The van der Waals surface area contributed by atoms with Crippen molar-refractivity contribution in [2.24, 2.45) is 0 Å². The van der Waals surface area contributed by atoms with Crippen molar-refractivity contribution in [2.45, 2.75) is 0 Å². The molecule has 4 aromatic rings. The predicted molar refractivity (Wildman–Crippen MR) is 104 cm³/mol. The van der Waals surface area contributed by atoms with E-state index in [1.165, 1.54) is 0 Å². The van der Waals surface area contributed by atoms with Crippen molar-refractivity contribution in [1.29, 1.82) is 0 Å². The number of phenolic OH excluding ortho intramolecular Hbond substituents is 1. The Morgan fingerprint density at radius 3 is 2.04 bits per heavy atom. The van der Waals surface area contributed by atoms with Crippen LogP contribution < -0.4 is 5.32 Å². The van der Waals surface area contributed by atoms with Crippen LogP contribution in [0.4, 0.5) is 11.5 Å². The molecule has 5 heteroatoms. The van der Waals surface area contributed by atoms with Crippen molar-refractivity contribution in [1.82, 2.24) is 10.2 Å². The minimum atomic E-state index is 0. The number of anilines is 2. The Kier molecular flexibility index (Phi) is 4.82. The molecule has 1 aromatic heterocycles. The lowest BCUT2D eigenvalue weighted by Crippen LogP contribution is -1.99. The van der Waals surface area contributed by atoms with Crippen molar-refractivity contribution in [3.8, 4) is 17.0 Å². The van der Waals surface area contributed by atoms with Gasteiger partial charge in [0.15, 0.2) is 5.82 Å². The van der Waals surface area contributed by atoms with E-state index < -0.39 is 0 Å². The van der Waals surface area contributed by atoms with Crippen LogP contribution in [0.5, 0.6) is 5.75 Å². The Morgan fingerprint density at radius 1 is 0.680 bits per heavy atom. The van der Waals surface area contributed by atoms with Gasteiger partial charge >= 0.3 is 0 Å². The molecular formula is C20H16ClN3O. The van der Waals surface area contributed by atoms with Gasteiger partial charge in [-0.05, 0) is 24.3 Å². The first-order valence-electron chi connectivity index (χ1n) is 7.68. The Labute approximate surface area is 151 Å². The molecule has 4 nitrogen and oxygen atoms in total. The van der Waals surface area contributed by atoms with E-state index in [1.807, 2.05) is 54.6 Å². The van der Waals surface area contributed by atoms with E-state index in [2.05, 4.69) is 15.5 Å². The minimum absolute atomic E-state index is 0. The molecule has 0 saturated heterocycles. The summed E-state index contributed by atoms with van der Waals surface area (Å²) in [4.78, 5) is 0. The number of aromatic nitrogens is 2. The van der Waals surface area contributed by atoms with Crippen LogP contribution in [0.3, 0.4) is 0 Å². The van der Waals surface area contributed by atoms with E-state index in [4.69, 9.17) is 0 Å². The van der Waals surface area contributed by atoms with Gasteiger partial charge in [-0.2, -0.15) is 0 Å². The molecule has 0 spiro atoms. The second-order valence-corrected chi connectivity index (χ2v) is 5.48. The number of halogens is 1. The number of benzene rings is 3. The summed E-state index contributed by atoms with van der Waals surface area (Å²) in [5, 5.41) is 23.5. The standard InChI is InChI=1S/C20H15N3O.ClH/c24-16-12-10-15(11-13-16)21-20-18-9-5-4-8-17(18)19(22-23-20)14-6-2-1-3-7-14;/h1-13,24H,(H,21,23);1H. The van der Waals surface area contributed by atoms with Crippen molar-refractivity contribution in [3.63, 3.8) is 0 Å². The maximum atomic E-state index is 9.40. The van der Waals surface area contributed by atoms with Crippen molar-refractivity contribution in [2.75, 3.05) is 5.32 Å². The summed E-state index contributed by atoms with van der Waals surface area (Å²) in [6.45, 7) is 0. The van der Waals surface area contributed by atoms with Gasteiger partial charge in [-0.3, -0.25) is 0 Å². The maximum Gasteiger partial charge on any atom is 0.161 e. The first-order chi connectivity index (χ1) is 11.8. The van der Waals surface area contributed by atoms with Crippen molar-refractivity contribution < 1.29 is 5.11 Å². The summed E-state index contributed by atoms with van der Waals surface area (Å²) >= 11 is 0. The molecule has 2 N–H and O–H groups in total. The van der Waals surface area contributed by atoms with Gasteiger partial charge in [-0.15, -0.1) is 22.6 Å². The predicted octanol–water partition coefficient (Wildman–Crippen LogP) is 5.17. The monoisotopic (exact) mass is 349 g/mol. The van der Waals surface area contributed by atoms with E-state index in [-0.39, 0.29) is 18.2 Å². The summed E-state index contributed by atoms with van der Waals surface area (Å²) < 4.78 is 0. The minimum Gasteiger partial charge on any atom is -0.508 e. The van der Waals surface area contributed by atoms with Crippen LogP contribution in [0.1, 0.15) is 0 Å². The summed E-state index contributed by atoms with van der Waals surface area (Å²) in [5.41, 5.74) is 2.75. The number of rotatable bonds is 3. The van der Waals surface area contributed by atoms with Gasteiger partial charge in [0.2, 0.25) is 0 Å². The molecule has 0 bridgehead atoms. The molecule has 25 heavy (non-hydrogen) atoms. The highest BCUT2D eigenvalue weighted by Gasteiger charge is 2.10. The third-order valence-electron chi connectivity index (χ3n) is 3.86. The zero-order valence-corrected chi connectivity index (χ0v) is 14.1. The van der Waals surface area contributed by atoms with Gasteiger partial charge in [0.05, 0.1) is 0 Å². The number of hydrogen-bond donors (Lipinski definition) is 2. The average Bonchev–Trinajstić information content (AvgIpc) is 2.64. The third-order valence-corrected chi connectivity index (χ3v) is 3.86. The lowest BCUT2D eigenvalue weighted by molar-refractivity contribution is 0.475. The third kappa shape index (κ3) is 3.39. The highest BCUT2D eigenvalue weighted by atomic mass is 35.5. The molecule has 1 heterocycles. The van der Waals surface area contributed by atoms with Gasteiger partial charge < -0.3 is 10.4 Å². The molecule has 0 aliphatic carbocycles. The second-order valence-electron chi connectivity index (χ2n) is 5.48. The van der Waals surface area contributed by atoms with E-state index in [9.17, 15) is 5.11 Å². The Morgan fingerprint density at radius 2 is 1.32 bits per heavy atom. The molecule has 0 saturated carbocycles. The molecule has 3 aromatic carbocycles. The van der Waals surface area contributed by atoms with E-state index >= 15 is 0 Å². The number of nitrogens with zero attached hydrogens (tertiary/aromatic N) is 2. The topological polar surface area (TPSA) is 58.0 Å². The van der Waals surface area contributed by atoms with Crippen molar-refractivity contribution >= 4 is 34.7 Å². The van der Waals surface area contributed by atoms with Crippen LogP contribution in [0.2, 0.25) is 0 Å². The molecule has 0 aliphatic rings. The van der Waals surface area contributed by atoms with Gasteiger partial charge in [-0.1, -0.05) is 54.6 Å². The maximum absolute atomic E-state index is 9.40. The van der Waals surface area contributed by atoms with Crippen LogP contribution in [0.25, 0.3) is 22.0 Å². The van der Waals surface area contributed by atoms with E-state index in [1.54, 1.807) is 24.3 Å². The quantitative estimate of drug-likeness (QED) is 0.501. The average molecular weight is 350 g/mol. The lowest BCUT2D eigenvalue weighted by Gasteiger charge is -2.11. The van der Waals surface area contributed by atoms with Crippen LogP contribution in [0.15, 0.2) is 78.9 Å². The molecule has 0 fully saturated rings. The van der Waals surface area contributed by atoms with Gasteiger partial charge in [0, 0.05) is 22.0 Å². The number of nitrogens with one attached hydrogen (secondary N) is 1. The highest BCUT2D eigenvalue weighted by Crippen LogP contribution is 2.31. The molecule has 0 amide bonds. The largest absolute Gasteiger partial charge is 0.508 e. The summed E-state index contributed by atoms with van der Waals surface area (Å²) in [6.07, 6.45) is 0. The van der Waals surface area contributed by atoms with E-state index in [0.717, 1.165) is 27.7 Å². The molecule has 124 valence electrons. The fourth-order valence-corrected chi connectivity index (χ4v) is 2.69. The fraction of sp³-hybridized carbons (Fsp3) is 0. The smallest absolute Gasteiger partial charge is 0.161 e. The molecular weight excluding hydrogens is 334 g/mol. The van der Waals surface area contributed by atoms with Gasteiger partial charge in [-0.25, -0.2) is 0 Å². The Bertz CT molecular complexity index is 989. The lowest BCUT2D eigenvalue weighted by atomic mass is 10.0. The Hall–Kier alpha value is -3.11. The fourth-order valence-electron chi connectivity index (χ4n) is 2.69. The van der Waals surface area contributed by atoms with Crippen LogP contribution in [-0.2, 0) is 0 Å². The van der Waals surface area contributed by atoms with Crippen LogP contribution in [0, 0.1) is 0 Å². The first kappa shape index (κ1) is 16.7. The van der Waals surface area contributed by atoms with Gasteiger partial charge in [0.25, 0.3) is 0 Å². The number of aromatic hydroxyl groups is 1. The summed E-state index contributed by atoms with van der Waals surface area (Å²) in [5.74, 6) is 0.923. The first-order valence-corrected chi connectivity index (χ1v) is 7.68. The molecule has 0 atom stereocenters. The van der Waals surface area contributed by atoms with Crippen molar-refractivity contribution in [3.05, 3.63) is 78.9 Å². The zero-order chi connectivity index (χ0) is 16.4. The van der Waals surface area contributed by atoms with Crippen LogP contribution in [-0.4, -0.2) is 15.3 Å². The zero-order valence-electron chi connectivity index (χ0n) is 13.3. The number of phenols is 1. The van der Waals surface area contributed by atoms with Crippen LogP contribution >= 0.6 is 12.4 Å². The molecule has 0 radical (unpaired) electrons. The second kappa shape index (κ2) is 7.20. The molecule has 4 rings (SSSR count). The SMILES string of the molecule is Cl.Oc1ccc(Nc2nnc(-c3ccccc3)c3ccccc23)cc1. The van der Waals surface area contributed by atoms with Gasteiger partial charge in [0.1, 0.15) is 11.4 Å². The summed E-state index contributed by atoms with van der Waals surface area (Å²) in [7, 11) is 0. The summed E-state index contributed by atoms with van der Waals surface area (Å²) in [6, 6.07) is 25.0. The highest BCUT2D eigenvalue weighted by molar-refractivity contribution is 6.00.